The highest BCUT2D eigenvalue weighted by molar-refractivity contribution is 5.82. The van der Waals surface area contributed by atoms with E-state index in [2.05, 4.69) is 13.8 Å². The Hall–Kier alpha value is -1.84. The Morgan fingerprint density at radius 1 is 0.727 bits per heavy atom. The van der Waals surface area contributed by atoms with Gasteiger partial charge in [-0.3, -0.25) is 0 Å². The molecule has 0 rings (SSSR count). The van der Waals surface area contributed by atoms with Crippen LogP contribution in [0.25, 0.3) is 0 Å². The zero-order valence-electron chi connectivity index (χ0n) is 13.7. The Kier molecular flexibility index (Phi) is 11.8. The molecule has 0 aromatic rings. The number of carboxylic acid groups (broad SMARTS) is 2. The quantitative estimate of drug-likeness (QED) is 0.310. The largest absolute Gasteiger partial charge is 0.478 e. The standard InChI is InChI=1S/C18H28O4/c1-3-5-7-9-15(13-17(19)20)11-12-16(14-18(21)22)10-8-6-4-2/h11-14H,3-10H2,1-2H3,(H,19,20)(H,21,22)/b12-11+,15-13-,16-14-. The van der Waals surface area contributed by atoms with Gasteiger partial charge in [0.05, 0.1) is 0 Å². The average Bonchev–Trinajstić information content (AvgIpc) is 2.43. The summed E-state index contributed by atoms with van der Waals surface area (Å²) < 4.78 is 0. The molecule has 0 fully saturated rings. The van der Waals surface area contributed by atoms with Crippen molar-refractivity contribution < 1.29 is 19.8 Å². The minimum absolute atomic E-state index is 0.700. The number of unbranched alkanes of at least 4 members (excludes halogenated alkanes) is 4. The molecule has 0 heterocycles. The number of rotatable bonds is 12. The van der Waals surface area contributed by atoms with Crippen LogP contribution in [-0.4, -0.2) is 22.2 Å². The molecule has 0 atom stereocenters. The van der Waals surface area contributed by atoms with Gasteiger partial charge in [0.1, 0.15) is 0 Å². The van der Waals surface area contributed by atoms with Crippen LogP contribution in [0.4, 0.5) is 0 Å². The second-order valence-electron chi connectivity index (χ2n) is 5.36. The summed E-state index contributed by atoms with van der Waals surface area (Å²) in [5, 5.41) is 17.8. The molecule has 0 aliphatic rings. The van der Waals surface area contributed by atoms with Crippen LogP contribution < -0.4 is 0 Å². The van der Waals surface area contributed by atoms with Gasteiger partial charge in [-0.15, -0.1) is 0 Å². The van der Waals surface area contributed by atoms with E-state index in [1.807, 2.05) is 0 Å². The predicted octanol–water partition coefficient (Wildman–Crippen LogP) is 4.73. The molecule has 0 spiro atoms. The van der Waals surface area contributed by atoms with Crippen LogP contribution in [0.1, 0.15) is 65.2 Å². The van der Waals surface area contributed by atoms with Crippen molar-refractivity contribution in [3.8, 4) is 0 Å². The SMILES string of the molecule is CCCCCC(=C/C(=O)O)/C=C/C(=C\C(=O)O)CCCCC. The van der Waals surface area contributed by atoms with Crippen molar-refractivity contribution >= 4 is 11.9 Å². The van der Waals surface area contributed by atoms with Gasteiger partial charge < -0.3 is 10.2 Å². The normalized spacial score (nSPS) is 12.8. The maximum atomic E-state index is 10.9. The Morgan fingerprint density at radius 2 is 1.09 bits per heavy atom. The van der Waals surface area contributed by atoms with Crippen LogP contribution in [0.15, 0.2) is 35.5 Å². The van der Waals surface area contributed by atoms with Gasteiger partial charge in [-0.25, -0.2) is 9.59 Å². The molecule has 0 aliphatic heterocycles. The molecule has 22 heavy (non-hydrogen) atoms. The number of allylic oxidation sites excluding steroid dienone is 4. The van der Waals surface area contributed by atoms with Crippen LogP contribution >= 0.6 is 0 Å². The van der Waals surface area contributed by atoms with Gasteiger partial charge in [-0.05, 0) is 36.8 Å². The first kappa shape index (κ1) is 20.2. The second kappa shape index (κ2) is 12.9. The highest BCUT2D eigenvalue weighted by Gasteiger charge is 2.01. The molecular weight excluding hydrogens is 280 g/mol. The first-order valence-corrected chi connectivity index (χ1v) is 8.04. The number of hydrogen-bond donors (Lipinski definition) is 2. The molecule has 2 N–H and O–H groups in total. The van der Waals surface area contributed by atoms with E-state index in [0.29, 0.717) is 12.8 Å². The van der Waals surface area contributed by atoms with E-state index in [-0.39, 0.29) is 0 Å². The smallest absolute Gasteiger partial charge is 0.328 e. The van der Waals surface area contributed by atoms with Crippen molar-refractivity contribution in [1.82, 2.24) is 0 Å². The van der Waals surface area contributed by atoms with Gasteiger partial charge in [0.25, 0.3) is 0 Å². The van der Waals surface area contributed by atoms with E-state index in [4.69, 9.17) is 10.2 Å². The molecule has 0 aliphatic carbocycles. The molecule has 0 unspecified atom stereocenters. The molecular formula is C18H28O4. The van der Waals surface area contributed by atoms with Crippen LogP contribution in [-0.2, 0) is 9.59 Å². The fourth-order valence-corrected chi connectivity index (χ4v) is 2.10. The average molecular weight is 308 g/mol. The summed E-state index contributed by atoms with van der Waals surface area (Å²) in [6.45, 7) is 4.19. The molecule has 0 aromatic carbocycles. The summed E-state index contributed by atoms with van der Waals surface area (Å²) in [5.41, 5.74) is 1.46. The molecule has 0 saturated heterocycles. The van der Waals surface area contributed by atoms with Gasteiger partial charge in [-0.2, -0.15) is 0 Å². The van der Waals surface area contributed by atoms with Crippen LogP contribution in [0.2, 0.25) is 0 Å². The summed E-state index contributed by atoms with van der Waals surface area (Å²) in [4.78, 5) is 21.7. The molecule has 0 bridgehead atoms. The van der Waals surface area contributed by atoms with Crippen LogP contribution in [0.5, 0.6) is 0 Å². The number of aliphatic carboxylic acids is 2. The van der Waals surface area contributed by atoms with E-state index in [0.717, 1.165) is 49.7 Å². The van der Waals surface area contributed by atoms with E-state index in [9.17, 15) is 9.59 Å². The minimum atomic E-state index is -0.967. The second-order valence-corrected chi connectivity index (χ2v) is 5.36. The van der Waals surface area contributed by atoms with E-state index in [1.54, 1.807) is 12.2 Å². The third kappa shape index (κ3) is 11.9. The third-order valence-corrected chi connectivity index (χ3v) is 3.27. The first-order valence-electron chi connectivity index (χ1n) is 8.04. The molecule has 4 heteroatoms. The van der Waals surface area contributed by atoms with E-state index >= 15 is 0 Å². The van der Waals surface area contributed by atoms with E-state index in [1.165, 1.54) is 12.2 Å². The summed E-state index contributed by atoms with van der Waals surface area (Å²) in [5.74, 6) is -1.93. The lowest BCUT2D eigenvalue weighted by molar-refractivity contribution is -0.132. The van der Waals surface area contributed by atoms with Crippen molar-refractivity contribution in [1.29, 1.82) is 0 Å². The van der Waals surface area contributed by atoms with E-state index < -0.39 is 11.9 Å². The fourth-order valence-electron chi connectivity index (χ4n) is 2.10. The minimum Gasteiger partial charge on any atom is -0.478 e. The molecule has 0 aromatic heterocycles. The zero-order valence-corrected chi connectivity index (χ0v) is 13.7. The zero-order chi connectivity index (χ0) is 16.8. The van der Waals surface area contributed by atoms with Crippen LogP contribution in [0.3, 0.4) is 0 Å². The lowest BCUT2D eigenvalue weighted by Gasteiger charge is -2.03. The summed E-state index contributed by atoms with van der Waals surface area (Å²) in [6, 6.07) is 0. The van der Waals surface area contributed by atoms with Crippen molar-refractivity contribution in [3.05, 3.63) is 35.5 Å². The van der Waals surface area contributed by atoms with Gasteiger partial charge in [0, 0.05) is 12.2 Å². The maximum absolute atomic E-state index is 10.9. The van der Waals surface area contributed by atoms with Gasteiger partial charge in [0.15, 0.2) is 0 Å². The number of carbonyl (C=O) groups is 2. The molecule has 0 radical (unpaired) electrons. The Balaban J connectivity index is 4.88. The van der Waals surface area contributed by atoms with Gasteiger partial charge in [-0.1, -0.05) is 51.7 Å². The number of hydrogen-bond acceptors (Lipinski definition) is 2. The highest BCUT2D eigenvalue weighted by Crippen LogP contribution is 2.15. The third-order valence-electron chi connectivity index (χ3n) is 3.27. The topological polar surface area (TPSA) is 74.6 Å². The molecule has 0 amide bonds. The fraction of sp³-hybridized carbons (Fsp3) is 0.556. The van der Waals surface area contributed by atoms with Crippen LogP contribution in [0, 0.1) is 0 Å². The monoisotopic (exact) mass is 308 g/mol. The van der Waals surface area contributed by atoms with Crippen molar-refractivity contribution in [2.45, 2.75) is 65.2 Å². The molecule has 0 saturated carbocycles. The number of carboxylic acids is 2. The lowest BCUT2D eigenvalue weighted by Crippen LogP contribution is -1.93. The summed E-state index contributed by atoms with van der Waals surface area (Å²) in [6.07, 6.45) is 13.4. The Morgan fingerprint density at radius 3 is 1.36 bits per heavy atom. The van der Waals surface area contributed by atoms with Crippen molar-refractivity contribution in [2.75, 3.05) is 0 Å². The van der Waals surface area contributed by atoms with Crippen molar-refractivity contribution in [3.63, 3.8) is 0 Å². The highest BCUT2D eigenvalue weighted by atomic mass is 16.4. The van der Waals surface area contributed by atoms with Crippen molar-refractivity contribution in [2.24, 2.45) is 0 Å². The summed E-state index contributed by atoms with van der Waals surface area (Å²) >= 11 is 0. The summed E-state index contributed by atoms with van der Waals surface area (Å²) in [7, 11) is 0. The lowest BCUT2D eigenvalue weighted by atomic mass is 10.0. The first-order chi connectivity index (χ1) is 10.5. The Labute approximate surface area is 133 Å². The molecule has 124 valence electrons. The Bertz CT molecular complexity index is 390. The predicted molar refractivity (Wildman–Crippen MR) is 88.9 cm³/mol. The van der Waals surface area contributed by atoms with Gasteiger partial charge >= 0.3 is 11.9 Å². The maximum Gasteiger partial charge on any atom is 0.328 e. The van der Waals surface area contributed by atoms with Gasteiger partial charge in [0.2, 0.25) is 0 Å². The molecule has 4 nitrogen and oxygen atoms in total.